The number of halogens is 2. The predicted octanol–water partition coefficient (Wildman–Crippen LogP) is 5.70. The molecule has 5 rings (SSSR count). The van der Waals surface area contributed by atoms with Gasteiger partial charge >= 0.3 is 6.03 Å². The number of nitrogens with one attached hydrogen (secondary N) is 4. The quantitative estimate of drug-likeness (QED) is 0.223. The molecule has 3 amide bonds. The molecule has 9 nitrogen and oxygen atoms in total. The summed E-state index contributed by atoms with van der Waals surface area (Å²) in [5.74, 6) is -1.87. The van der Waals surface area contributed by atoms with E-state index in [0.717, 1.165) is 10.9 Å². The van der Waals surface area contributed by atoms with Crippen molar-refractivity contribution in [3.63, 3.8) is 0 Å². The van der Waals surface area contributed by atoms with E-state index >= 15 is 0 Å². The number of aryl methyl sites for hydroxylation is 1. The van der Waals surface area contributed by atoms with Crippen molar-refractivity contribution in [3.8, 4) is 0 Å². The fourth-order valence-electron chi connectivity index (χ4n) is 4.70. The fourth-order valence-corrected chi connectivity index (χ4v) is 6.47. The van der Waals surface area contributed by atoms with Crippen molar-refractivity contribution in [2.45, 2.75) is 19.1 Å². The molecule has 0 spiro atoms. The highest BCUT2D eigenvalue weighted by Gasteiger charge is 2.35. The van der Waals surface area contributed by atoms with Crippen LogP contribution in [-0.2, 0) is 20.6 Å². The molecule has 3 aromatic carbocycles. The van der Waals surface area contributed by atoms with Gasteiger partial charge in [-0.2, -0.15) is 0 Å². The van der Waals surface area contributed by atoms with Crippen LogP contribution in [0.3, 0.4) is 0 Å². The standard InChI is InChI=1S/C28H27ClFN5O4S/c1-17-12-21(32-28(37)34-26-14-31-25-8-6-20(29)13-22(25)26)7-9-24(17)33-27(36)18-10-11-35(15-18)40(38,39)16-19-4-2-3-5-23(19)30/h2-9,12-14,18,31H,10-11,15-16H2,1H3,(H,33,36)(H2,32,34,37). The van der Waals surface area contributed by atoms with Gasteiger partial charge in [0.05, 0.1) is 17.4 Å². The zero-order valence-corrected chi connectivity index (χ0v) is 23.1. The van der Waals surface area contributed by atoms with Crippen LogP contribution < -0.4 is 16.0 Å². The lowest BCUT2D eigenvalue weighted by molar-refractivity contribution is -0.119. The van der Waals surface area contributed by atoms with Gasteiger partial charge in [0.1, 0.15) is 5.82 Å². The Morgan fingerprint density at radius 2 is 1.85 bits per heavy atom. The van der Waals surface area contributed by atoms with Crippen molar-refractivity contribution in [1.29, 1.82) is 0 Å². The first kappa shape index (κ1) is 27.6. The Morgan fingerprint density at radius 1 is 1.05 bits per heavy atom. The Balaban J connectivity index is 1.17. The Labute approximate surface area is 235 Å². The van der Waals surface area contributed by atoms with Crippen LogP contribution in [0.1, 0.15) is 17.5 Å². The molecule has 40 heavy (non-hydrogen) atoms. The molecule has 1 fully saturated rings. The summed E-state index contributed by atoms with van der Waals surface area (Å²) in [6, 6.07) is 15.7. The van der Waals surface area contributed by atoms with Gasteiger partial charge < -0.3 is 20.9 Å². The van der Waals surface area contributed by atoms with E-state index in [1.165, 1.54) is 22.5 Å². The molecule has 1 atom stereocenters. The number of urea groups is 1. The average Bonchev–Trinajstić information content (AvgIpc) is 3.55. The maximum atomic E-state index is 14.0. The van der Waals surface area contributed by atoms with Crippen LogP contribution in [0, 0.1) is 18.7 Å². The third kappa shape index (κ3) is 6.11. The minimum atomic E-state index is -3.77. The number of fused-ring (bicyclic) bond motifs is 1. The highest BCUT2D eigenvalue weighted by Crippen LogP contribution is 2.28. The van der Waals surface area contributed by atoms with Crippen LogP contribution in [0.25, 0.3) is 10.9 Å². The average molecular weight is 584 g/mol. The number of nitrogens with zero attached hydrogens (tertiary/aromatic N) is 1. The normalized spacial score (nSPS) is 15.7. The molecule has 1 aliphatic heterocycles. The molecule has 1 saturated heterocycles. The summed E-state index contributed by atoms with van der Waals surface area (Å²) in [5, 5.41) is 9.76. The number of carbonyl (C=O) groups excluding carboxylic acids is 2. The summed E-state index contributed by atoms with van der Waals surface area (Å²) in [6.45, 7) is 2.01. The molecule has 4 N–H and O–H groups in total. The number of sulfonamides is 1. The molecule has 0 aliphatic carbocycles. The molecule has 208 valence electrons. The number of carbonyl (C=O) groups is 2. The van der Waals surface area contributed by atoms with Crippen molar-refractivity contribution in [2.24, 2.45) is 5.92 Å². The van der Waals surface area contributed by atoms with E-state index in [4.69, 9.17) is 11.6 Å². The van der Waals surface area contributed by atoms with Crippen LogP contribution in [0.15, 0.2) is 66.9 Å². The molecular formula is C28H27ClFN5O4S. The van der Waals surface area contributed by atoms with Gasteiger partial charge in [-0.15, -0.1) is 0 Å². The van der Waals surface area contributed by atoms with E-state index < -0.39 is 33.5 Å². The van der Waals surface area contributed by atoms with Gasteiger partial charge in [0.2, 0.25) is 15.9 Å². The second-order valence-corrected chi connectivity index (χ2v) is 12.1. The van der Waals surface area contributed by atoms with Gasteiger partial charge in [0.15, 0.2) is 0 Å². The monoisotopic (exact) mass is 583 g/mol. The Kier molecular flexibility index (Phi) is 7.79. The van der Waals surface area contributed by atoms with Gasteiger partial charge in [-0.05, 0) is 61.4 Å². The minimum Gasteiger partial charge on any atom is -0.359 e. The van der Waals surface area contributed by atoms with Gasteiger partial charge in [-0.25, -0.2) is 21.9 Å². The van der Waals surface area contributed by atoms with Crippen LogP contribution in [0.5, 0.6) is 0 Å². The van der Waals surface area contributed by atoms with E-state index in [9.17, 15) is 22.4 Å². The molecule has 2 heterocycles. The van der Waals surface area contributed by atoms with Crippen molar-refractivity contribution in [2.75, 3.05) is 29.0 Å². The van der Waals surface area contributed by atoms with Gasteiger partial charge in [-0.3, -0.25) is 4.79 Å². The maximum Gasteiger partial charge on any atom is 0.323 e. The molecule has 12 heteroatoms. The molecule has 4 aromatic rings. The first-order valence-electron chi connectivity index (χ1n) is 12.6. The Bertz CT molecular complexity index is 1710. The molecule has 1 aromatic heterocycles. The lowest BCUT2D eigenvalue weighted by atomic mass is 10.1. The summed E-state index contributed by atoms with van der Waals surface area (Å²) in [5.41, 5.74) is 3.30. The van der Waals surface area contributed by atoms with Gasteiger partial charge in [0.25, 0.3) is 0 Å². The van der Waals surface area contributed by atoms with E-state index in [1.807, 2.05) is 6.07 Å². The largest absolute Gasteiger partial charge is 0.359 e. The smallest absolute Gasteiger partial charge is 0.323 e. The molecule has 0 radical (unpaired) electrons. The molecule has 1 unspecified atom stereocenters. The predicted molar refractivity (Wildman–Crippen MR) is 154 cm³/mol. The zero-order chi connectivity index (χ0) is 28.4. The SMILES string of the molecule is Cc1cc(NC(=O)Nc2c[nH]c3ccc(Cl)cc23)ccc1NC(=O)C1CCN(S(=O)(=O)Cc2ccccc2F)C1. The number of H-pyrrole nitrogens is 1. The third-order valence-electron chi connectivity index (χ3n) is 6.85. The Morgan fingerprint density at radius 3 is 2.62 bits per heavy atom. The van der Waals surface area contributed by atoms with E-state index in [0.29, 0.717) is 34.1 Å². The number of rotatable bonds is 7. The van der Waals surface area contributed by atoms with Crippen LogP contribution in [-0.4, -0.2) is 42.7 Å². The van der Waals surface area contributed by atoms with E-state index in [2.05, 4.69) is 20.9 Å². The van der Waals surface area contributed by atoms with Crippen LogP contribution in [0.4, 0.5) is 26.2 Å². The summed E-state index contributed by atoms with van der Waals surface area (Å²) < 4.78 is 40.8. The van der Waals surface area contributed by atoms with Crippen molar-refractivity contribution in [1.82, 2.24) is 9.29 Å². The number of hydrogen-bond acceptors (Lipinski definition) is 4. The number of amides is 3. The maximum absolute atomic E-state index is 14.0. The number of benzene rings is 3. The number of hydrogen-bond donors (Lipinski definition) is 4. The summed E-state index contributed by atoms with van der Waals surface area (Å²) in [7, 11) is -3.77. The highest BCUT2D eigenvalue weighted by molar-refractivity contribution is 7.88. The topological polar surface area (TPSA) is 123 Å². The van der Waals surface area contributed by atoms with Gasteiger partial charge in [-0.1, -0.05) is 29.8 Å². The second-order valence-electron chi connectivity index (χ2n) is 9.68. The number of aromatic nitrogens is 1. The number of anilines is 3. The molecule has 0 saturated carbocycles. The van der Waals surface area contributed by atoms with E-state index in [-0.39, 0.29) is 24.6 Å². The van der Waals surface area contributed by atoms with Crippen molar-refractivity contribution < 1.29 is 22.4 Å². The van der Waals surface area contributed by atoms with Crippen LogP contribution >= 0.6 is 11.6 Å². The van der Waals surface area contributed by atoms with Gasteiger partial charge in [0, 0.05) is 52.2 Å². The Hall–Kier alpha value is -3.93. The van der Waals surface area contributed by atoms with Crippen molar-refractivity contribution >= 4 is 61.5 Å². The lowest BCUT2D eigenvalue weighted by Crippen LogP contribution is -2.32. The summed E-state index contributed by atoms with van der Waals surface area (Å²) in [6.07, 6.45) is 2.04. The molecular weight excluding hydrogens is 557 g/mol. The van der Waals surface area contributed by atoms with Crippen LogP contribution in [0.2, 0.25) is 5.02 Å². The highest BCUT2D eigenvalue weighted by atomic mass is 35.5. The molecule has 1 aliphatic rings. The summed E-state index contributed by atoms with van der Waals surface area (Å²) >= 11 is 6.07. The number of aromatic amines is 1. The molecule has 0 bridgehead atoms. The first-order valence-corrected chi connectivity index (χ1v) is 14.5. The fraction of sp³-hybridized carbons (Fsp3) is 0.214. The van der Waals surface area contributed by atoms with E-state index in [1.54, 1.807) is 49.5 Å². The zero-order valence-electron chi connectivity index (χ0n) is 21.5. The summed E-state index contributed by atoms with van der Waals surface area (Å²) in [4.78, 5) is 28.6. The lowest BCUT2D eigenvalue weighted by Gasteiger charge is -2.17. The van der Waals surface area contributed by atoms with Crippen molar-refractivity contribution in [3.05, 3.63) is 88.8 Å². The minimum absolute atomic E-state index is 0.0283. The third-order valence-corrected chi connectivity index (χ3v) is 8.87. The second kappa shape index (κ2) is 11.3. The first-order chi connectivity index (χ1) is 19.1.